The van der Waals surface area contributed by atoms with Gasteiger partial charge in [0.1, 0.15) is 5.25 Å². The highest BCUT2D eigenvalue weighted by molar-refractivity contribution is 8.15. The molecule has 7 heteroatoms. The van der Waals surface area contributed by atoms with E-state index in [1.54, 1.807) is 37.4 Å². The average molecular weight is 374 g/mol. The van der Waals surface area contributed by atoms with E-state index in [1.807, 2.05) is 24.3 Å². The van der Waals surface area contributed by atoms with Crippen molar-refractivity contribution in [2.75, 3.05) is 12.4 Å². The van der Waals surface area contributed by atoms with E-state index in [0.29, 0.717) is 21.6 Å². The molecule has 0 aliphatic carbocycles. The standard InChI is InChI=1S/C18H16ClN3O2S/c1-22-17(24)15(11-16(23)20-13-7-3-2-4-8-13)25-18(22)21-14-9-5-6-12(19)10-14/h2-10,15H,11H2,1H3,(H,20,23)/t15-/m1/s1. The zero-order valence-electron chi connectivity index (χ0n) is 13.5. The van der Waals surface area contributed by atoms with Gasteiger partial charge in [-0.3, -0.25) is 14.5 Å². The maximum Gasteiger partial charge on any atom is 0.242 e. The monoisotopic (exact) mass is 373 g/mol. The summed E-state index contributed by atoms with van der Waals surface area (Å²) in [4.78, 5) is 30.5. The topological polar surface area (TPSA) is 61.8 Å². The van der Waals surface area contributed by atoms with Crippen molar-refractivity contribution in [2.24, 2.45) is 4.99 Å². The Morgan fingerprint density at radius 2 is 2.00 bits per heavy atom. The molecule has 0 saturated carbocycles. The zero-order chi connectivity index (χ0) is 17.8. The lowest BCUT2D eigenvalue weighted by Gasteiger charge is -2.09. The van der Waals surface area contributed by atoms with Gasteiger partial charge in [0.25, 0.3) is 0 Å². The molecule has 1 N–H and O–H groups in total. The molecule has 1 saturated heterocycles. The quantitative estimate of drug-likeness (QED) is 0.883. The molecule has 1 fully saturated rings. The van der Waals surface area contributed by atoms with Crippen molar-refractivity contribution < 1.29 is 9.59 Å². The minimum absolute atomic E-state index is 0.0945. The van der Waals surface area contributed by atoms with Gasteiger partial charge in [-0.05, 0) is 30.3 Å². The van der Waals surface area contributed by atoms with Gasteiger partial charge >= 0.3 is 0 Å². The molecular weight excluding hydrogens is 358 g/mol. The number of aliphatic imine (C=N–C) groups is 1. The van der Waals surface area contributed by atoms with Crippen LogP contribution >= 0.6 is 23.4 Å². The summed E-state index contributed by atoms with van der Waals surface area (Å²) in [6.45, 7) is 0. The summed E-state index contributed by atoms with van der Waals surface area (Å²) in [7, 11) is 1.66. The number of nitrogens with one attached hydrogen (secondary N) is 1. The second-order valence-corrected chi connectivity index (χ2v) is 7.10. The minimum atomic E-state index is -0.480. The van der Waals surface area contributed by atoms with Gasteiger partial charge in [-0.25, -0.2) is 4.99 Å². The van der Waals surface area contributed by atoms with E-state index in [-0.39, 0.29) is 18.2 Å². The van der Waals surface area contributed by atoms with Crippen LogP contribution in [0.15, 0.2) is 59.6 Å². The number of halogens is 1. The summed E-state index contributed by atoms with van der Waals surface area (Å²) in [6, 6.07) is 16.3. The van der Waals surface area contributed by atoms with Crippen molar-refractivity contribution in [2.45, 2.75) is 11.7 Å². The summed E-state index contributed by atoms with van der Waals surface area (Å²) in [6.07, 6.45) is 0.0945. The number of hydrogen-bond donors (Lipinski definition) is 1. The molecule has 5 nitrogen and oxygen atoms in total. The molecular formula is C18H16ClN3O2S. The molecule has 0 unspecified atom stereocenters. The van der Waals surface area contributed by atoms with Gasteiger partial charge in [0.2, 0.25) is 11.8 Å². The molecule has 0 bridgehead atoms. The summed E-state index contributed by atoms with van der Waals surface area (Å²) in [5, 5.41) is 3.46. The van der Waals surface area contributed by atoms with Crippen LogP contribution in [0.5, 0.6) is 0 Å². The largest absolute Gasteiger partial charge is 0.326 e. The summed E-state index contributed by atoms with van der Waals surface area (Å²) in [5.41, 5.74) is 1.38. The molecule has 0 aromatic heterocycles. The number of rotatable bonds is 4. The highest BCUT2D eigenvalue weighted by atomic mass is 35.5. The first-order valence-electron chi connectivity index (χ1n) is 7.66. The van der Waals surface area contributed by atoms with Crippen LogP contribution in [0.2, 0.25) is 5.02 Å². The second kappa shape index (κ2) is 7.72. The lowest BCUT2D eigenvalue weighted by Crippen LogP contribution is -2.30. The Labute approximate surface area is 155 Å². The number of nitrogens with zero attached hydrogens (tertiary/aromatic N) is 2. The van der Waals surface area contributed by atoms with Crippen molar-refractivity contribution in [1.82, 2.24) is 4.90 Å². The van der Waals surface area contributed by atoms with E-state index < -0.39 is 5.25 Å². The summed E-state index contributed by atoms with van der Waals surface area (Å²) < 4.78 is 0. The maximum absolute atomic E-state index is 12.4. The van der Waals surface area contributed by atoms with Crippen LogP contribution in [0.1, 0.15) is 6.42 Å². The minimum Gasteiger partial charge on any atom is -0.326 e. The molecule has 2 amide bonds. The third kappa shape index (κ3) is 4.41. The van der Waals surface area contributed by atoms with Crippen LogP contribution in [-0.2, 0) is 9.59 Å². The highest BCUT2D eigenvalue weighted by Crippen LogP contribution is 2.31. The molecule has 2 aromatic carbocycles. The normalized spacial score (nSPS) is 18.6. The lowest BCUT2D eigenvalue weighted by atomic mass is 10.2. The van der Waals surface area contributed by atoms with Gasteiger partial charge in [0.05, 0.1) is 5.69 Å². The predicted molar refractivity (Wildman–Crippen MR) is 102 cm³/mol. The summed E-state index contributed by atoms with van der Waals surface area (Å²) in [5.74, 6) is -0.330. The van der Waals surface area contributed by atoms with Crippen molar-refractivity contribution in [1.29, 1.82) is 0 Å². The van der Waals surface area contributed by atoms with Gasteiger partial charge in [-0.1, -0.05) is 47.6 Å². The molecule has 1 aliphatic heterocycles. The van der Waals surface area contributed by atoms with E-state index in [4.69, 9.17) is 11.6 Å². The fraction of sp³-hybridized carbons (Fsp3) is 0.167. The summed E-state index contributed by atoms with van der Waals surface area (Å²) >= 11 is 7.25. The molecule has 25 heavy (non-hydrogen) atoms. The Kier molecular flexibility index (Phi) is 5.40. The number of para-hydroxylation sites is 1. The van der Waals surface area contributed by atoms with Crippen LogP contribution in [-0.4, -0.2) is 34.2 Å². The first kappa shape index (κ1) is 17.5. The third-order valence-electron chi connectivity index (χ3n) is 3.60. The van der Waals surface area contributed by atoms with E-state index in [1.165, 1.54) is 16.7 Å². The fourth-order valence-electron chi connectivity index (χ4n) is 2.36. The van der Waals surface area contributed by atoms with E-state index in [0.717, 1.165) is 0 Å². The molecule has 1 aliphatic rings. The number of thioether (sulfide) groups is 1. The van der Waals surface area contributed by atoms with Crippen molar-refractivity contribution in [3.8, 4) is 0 Å². The Hall–Kier alpha value is -2.31. The van der Waals surface area contributed by atoms with Gasteiger partial charge in [-0.2, -0.15) is 0 Å². The van der Waals surface area contributed by atoms with Crippen molar-refractivity contribution in [3.05, 3.63) is 59.6 Å². The van der Waals surface area contributed by atoms with Crippen LogP contribution in [0.3, 0.4) is 0 Å². The maximum atomic E-state index is 12.4. The van der Waals surface area contributed by atoms with Crippen LogP contribution in [0.25, 0.3) is 0 Å². The number of carbonyl (C=O) groups is 2. The number of amides is 2. The lowest BCUT2D eigenvalue weighted by molar-refractivity contribution is -0.127. The third-order valence-corrected chi connectivity index (χ3v) is 5.07. The van der Waals surface area contributed by atoms with Gasteiger partial charge < -0.3 is 5.32 Å². The smallest absolute Gasteiger partial charge is 0.242 e. The van der Waals surface area contributed by atoms with Gasteiger partial charge in [0.15, 0.2) is 5.17 Å². The first-order valence-corrected chi connectivity index (χ1v) is 8.92. The van der Waals surface area contributed by atoms with Crippen molar-refractivity contribution in [3.63, 3.8) is 0 Å². The van der Waals surface area contributed by atoms with Crippen LogP contribution in [0.4, 0.5) is 11.4 Å². The number of benzene rings is 2. The molecule has 128 valence electrons. The fourth-order valence-corrected chi connectivity index (χ4v) is 3.69. The van der Waals surface area contributed by atoms with Crippen molar-refractivity contribution >= 4 is 51.7 Å². The molecule has 1 heterocycles. The second-order valence-electron chi connectivity index (χ2n) is 5.50. The van der Waals surface area contributed by atoms with E-state index >= 15 is 0 Å². The van der Waals surface area contributed by atoms with E-state index in [2.05, 4.69) is 10.3 Å². The van der Waals surface area contributed by atoms with E-state index in [9.17, 15) is 9.59 Å². The van der Waals surface area contributed by atoms with Gasteiger partial charge in [-0.15, -0.1) is 0 Å². The Morgan fingerprint density at radius 1 is 1.24 bits per heavy atom. The molecule has 0 radical (unpaired) electrons. The highest BCUT2D eigenvalue weighted by Gasteiger charge is 2.36. The molecule has 1 atom stereocenters. The van der Waals surface area contributed by atoms with Crippen LogP contribution in [0, 0.1) is 0 Å². The number of hydrogen-bond acceptors (Lipinski definition) is 4. The molecule has 3 rings (SSSR count). The van der Waals surface area contributed by atoms with Gasteiger partial charge in [0, 0.05) is 24.2 Å². The SMILES string of the molecule is CN1C(=O)[C@@H](CC(=O)Nc2ccccc2)SC1=Nc1cccc(Cl)c1. The first-order chi connectivity index (χ1) is 12.0. The molecule has 2 aromatic rings. The number of amidine groups is 1. The number of anilines is 1. The Morgan fingerprint density at radius 3 is 2.72 bits per heavy atom. The number of carbonyl (C=O) groups excluding carboxylic acids is 2. The zero-order valence-corrected chi connectivity index (χ0v) is 15.1. The Bertz CT molecular complexity index is 826. The average Bonchev–Trinajstić information content (AvgIpc) is 2.84. The molecule has 0 spiro atoms. The predicted octanol–water partition coefficient (Wildman–Crippen LogP) is 3.93. The van der Waals surface area contributed by atoms with Crippen LogP contribution < -0.4 is 5.32 Å². The Balaban J connectivity index is 1.67.